The van der Waals surface area contributed by atoms with Crippen LogP contribution in [0.25, 0.3) is 0 Å². The zero-order chi connectivity index (χ0) is 15.5. The zero-order valence-electron chi connectivity index (χ0n) is 13.4. The third-order valence-corrected chi connectivity index (χ3v) is 3.60. The minimum Gasteiger partial charge on any atom is -0.481 e. The molecular weight excluding hydrogens is 254 g/mol. The Labute approximate surface area is 123 Å². The van der Waals surface area contributed by atoms with Crippen molar-refractivity contribution in [2.75, 3.05) is 6.54 Å². The van der Waals surface area contributed by atoms with Gasteiger partial charge in [0.05, 0.1) is 0 Å². The van der Waals surface area contributed by atoms with Gasteiger partial charge in [-0.15, -0.1) is 0 Å². The van der Waals surface area contributed by atoms with Crippen LogP contribution in [0.3, 0.4) is 0 Å². The number of unbranched alkanes of at least 4 members (excludes halogenated alkanes) is 1. The van der Waals surface area contributed by atoms with Gasteiger partial charge in [-0.25, -0.2) is 0 Å². The molecule has 0 aliphatic carbocycles. The van der Waals surface area contributed by atoms with E-state index < -0.39 is 5.97 Å². The molecule has 0 rings (SSSR count). The summed E-state index contributed by atoms with van der Waals surface area (Å²) in [4.78, 5) is 23.0. The molecule has 0 bridgehead atoms. The lowest BCUT2D eigenvalue weighted by molar-refractivity contribution is -0.138. The number of carbonyl (C=O) groups excluding carboxylic acids is 1. The van der Waals surface area contributed by atoms with Gasteiger partial charge in [0.1, 0.15) is 0 Å². The normalized spacial score (nSPS) is 14.1. The van der Waals surface area contributed by atoms with E-state index in [0.29, 0.717) is 12.5 Å². The number of amides is 1. The number of carbonyl (C=O) groups is 2. The molecule has 1 unspecified atom stereocenters. The van der Waals surface area contributed by atoms with E-state index in [2.05, 4.69) is 26.1 Å². The maximum atomic E-state index is 12.1. The van der Waals surface area contributed by atoms with E-state index in [1.54, 1.807) is 0 Å². The van der Waals surface area contributed by atoms with Crippen LogP contribution in [0.4, 0.5) is 0 Å². The second kappa shape index (κ2) is 10.7. The summed E-state index contributed by atoms with van der Waals surface area (Å²) in [6.07, 6.45) is 4.89. The molecule has 4 nitrogen and oxygen atoms in total. The first-order valence-electron chi connectivity index (χ1n) is 7.90. The van der Waals surface area contributed by atoms with Crippen molar-refractivity contribution in [2.45, 2.75) is 66.2 Å². The van der Waals surface area contributed by atoms with Crippen LogP contribution in [0.15, 0.2) is 0 Å². The van der Waals surface area contributed by atoms with Crippen molar-refractivity contribution in [3.05, 3.63) is 0 Å². The molecule has 0 saturated carbocycles. The predicted molar refractivity (Wildman–Crippen MR) is 81.5 cm³/mol. The molecule has 0 aliphatic rings. The Morgan fingerprint density at radius 2 is 1.85 bits per heavy atom. The smallest absolute Gasteiger partial charge is 0.303 e. The van der Waals surface area contributed by atoms with E-state index in [-0.39, 0.29) is 24.2 Å². The van der Waals surface area contributed by atoms with E-state index in [4.69, 9.17) is 5.11 Å². The zero-order valence-corrected chi connectivity index (χ0v) is 13.4. The lowest BCUT2D eigenvalue weighted by Crippen LogP contribution is -2.35. The van der Waals surface area contributed by atoms with Gasteiger partial charge >= 0.3 is 5.97 Å². The van der Waals surface area contributed by atoms with Gasteiger partial charge in [-0.2, -0.15) is 0 Å². The van der Waals surface area contributed by atoms with Gasteiger partial charge in [0.2, 0.25) is 5.91 Å². The summed E-state index contributed by atoms with van der Waals surface area (Å²) < 4.78 is 0. The van der Waals surface area contributed by atoms with Crippen LogP contribution in [0.2, 0.25) is 0 Å². The molecule has 20 heavy (non-hydrogen) atoms. The monoisotopic (exact) mass is 285 g/mol. The van der Waals surface area contributed by atoms with Gasteiger partial charge in [-0.3, -0.25) is 9.59 Å². The Hall–Kier alpha value is -1.06. The van der Waals surface area contributed by atoms with Crippen LogP contribution in [-0.4, -0.2) is 23.5 Å². The fraction of sp³-hybridized carbons (Fsp3) is 0.875. The van der Waals surface area contributed by atoms with E-state index in [1.807, 2.05) is 6.92 Å². The lowest BCUT2D eigenvalue weighted by Gasteiger charge is -2.20. The summed E-state index contributed by atoms with van der Waals surface area (Å²) in [5.41, 5.74) is 0. The Morgan fingerprint density at radius 3 is 2.30 bits per heavy atom. The number of carboxylic acids is 1. The average molecular weight is 285 g/mol. The fourth-order valence-corrected chi connectivity index (χ4v) is 2.51. The Bertz CT molecular complexity index is 289. The molecule has 0 aromatic heterocycles. The van der Waals surface area contributed by atoms with Crippen LogP contribution in [0, 0.1) is 17.8 Å². The molecule has 118 valence electrons. The van der Waals surface area contributed by atoms with Gasteiger partial charge in [0.25, 0.3) is 0 Å². The van der Waals surface area contributed by atoms with Crippen molar-refractivity contribution in [3.63, 3.8) is 0 Å². The first-order chi connectivity index (χ1) is 9.40. The third kappa shape index (κ3) is 8.94. The van der Waals surface area contributed by atoms with Gasteiger partial charge < -0.3 is 10.4 Å². The van der Waals surface area contributed by atoms with Gasteiger partial charge in [0, 0.05) is 18.9 Å². The van der Waals surface area contributed by atoms with Crippen molar-refractivity contribution in [1.82, 2.24) is 5.32 Å². The van der Waals surface area contributed by atoms with E-state index in [1.165, 1.54) is 0 Å². The molecule has 0 radical (unpaired) electrons. The van der Waals surface area contributed by atoms with Gasteiger partial charge in [-0.05, 0) is 31.1 Å². The standard InChI is InChI=1S/C16H31NO3/c1-5-7-8-14(6-2)16(20)17-11-13(9-12(3)4)10-15(18)19/h12-14H,5-11H2,1-4H3,(H,17,20)(H,18,19)/t13-,14?/m0/s1. The van der Waals surface area contributed by atoms with Gasteiger partial charge in [-0.1, -0.05) is 40.5 Å². The summed E-state index contributed by atoms with van der Waals surface area (Å²) >= 11 is 0. The Balaban J connectivity index is 4.28. The number of hydrogen-bond acceptors (Lipinski definition) is 2. The third-order valence-electron chi connectivity index (χ3n) is 3.60. The molecule has 2 N–H and O–H groups in total. The summed E-state index contributed by atoms with van der Waals surface area (Å²) in [7, 11) is 0. The molecule has 0 aliphatic heterocycles. The molecule has 0 aromatic rings. The lowest BCUT2D eigenvalue weighted by atomic mass is 9.93. The predicted octanol–water partition coefficient (Wildman–Crippen LogP) is 3.46. The highest BCUT2D eigenvalue weighted by Crippen LogP contribution is 2.16. The number of rotatable bonds is 11. The first kappa shape index (κ1) is 18.9. The summed E-state index contributed by atoms with van der Waals surface area (Å²) in [5.74, 6) is -0.166. The van der Waals surface area contributed by atoms with Crippen LogP contribution >= 0.6 is 0 Å². The maximum absolute atomic E-state index is 12.1. The highest BCUT2D eigenvalue weighted by molar-refractivity contribution is 5.78. The number of hydrogen-bond donors (Lipinski definition) is 2. The van der Waals surface area contributed by atoms with E-state index in [9.17, 15) is 9.59 Å². The first-order valence-corrected chi connectivity index (χ1v) is 7.90. The second-order valence-corrected chi connectivity index (χ2v) is 6.09. The maximum Gasteiger partial charge on any atom is 0.303 e. The van der Waals surface area contributed by atoms with E-state index >= 15 is 0 Å². The highest BCUT2D eigenvalue weighted by atomic mass is 16.4. The molecule has 0 fully saturated rings. The Morgan fingerprint density at radius 1 is 1.20 bits per heavy atom. The number of nitrogens with one attached hydrogen (secondary N) is 1. The number of aliphatic carboxylic acids is 1. The van der Waals surface area contributed by atoms with Crippen molar-refractivity contribution in [3.8, 4) is 0 Å². The molecular formula is C16H31NO3. The van der Waals surface area contributed by atoms with Crippen molar-refractivity contribution >= 4 is 11.9 Å². The largest absolute Gasteiger partial charge is 0.481 e. The molecule has 1 amide bonds. The summed E-state index contributed by atoms with van der Waals surface area (Å²) in [5, 5.41) is 11.9. The fourth-order valence-electron chi connectivity index (χ4n) is 2.51. The topological polar surface area (TPSA) is 66.4 Å². The molecule has 2 atom stereocenters. The quantitative estimate of drug-likeness (QED) is 0.611. The van der Waals surface area contributed by atoms with Crippen molar-refractivity contribution < 1.29 is 14.7 Å². The SMILES string of the molecule is CCCCC(CC)C(=O)NC[C@H](CC(=O)O)CC(C)C. The molecule has 4 heteroatoms. The second-order valence-electron chi connectivity index (χ2n) is 6.09. The highest BCUT2D eigenvalue weighted by Gasteiger charge is 2.19. The molecule has 0 saturated heterocycles. The van der Waals surface area contributed by atoms with Crippen LogP contribution in [0.1, 0.15) is 66.2 Å². The molecule has 0 heterocycles. The molecule has 0 aromatic carbocycles. The van der Waals surface area contributed by atoms with E-state index in [0.717, 1.165) is 32.1 Å². The molecule has 0 spiro atoms. The summed E-state index contributed by atoms with van der Waals surface area (Å²) in [6, 6.07) is 0. The van der Waals surface area contributed by atoms with Crippen LogP contribution < -0.4 is 5.32 Å². The van der Waals surface area contributed by atoms with Crippen LogP contribution in [-0.2, 0) is 9.59 Å². The van der Waals surface area contributed by atoms with Crippen molar-refractivity contribution in [2.24, 2.45) is 17.8 Å². The summed E-state index contributed by atoms with van der Waals surface area (Å²) in [6.45, 7) is 8.78. The number of carboxylic acid groups (broad SMARTS) is 1. The van der Waals surface area contributed by atoms with Gasteiger partial charge in [0.15, 0.2) is 0 Å². The minimum absolute atomic E-state index is 0.0279. The van der Waals surface area contributed by atoms with Crippen LogP contribution in [0.5, 0.6) is 0 Å². The average Bonchev–Trinajstić information content (AvgIpc) is 2.35. The van der Waals surface area contributed by atoms with Crippen molar-refractivity contribution in [1.29, 1.82) is 0 Å². The Kier molecular flexibility index (Phi) is 10.1. The minimum atomic E-state index is -0.789.